The number of aliphatic hydroxyl groups is 2. The lowest BCUT2D eigenvalue weighted by Crippen LogP contribution is -2.29. The van der Waals surface area contributed by atoms with Crippen LogP contribution < -0.4 is 11.1 Å². The van der Waals surface area contributed by atoms with Crippen molar-refractivity contribution in [3.05, 3.63) is 11.3 Å². The minimum atomic E-state index is -0.384. The molecule has 0 saturated heterocycles. The SMILES string of the molecule is Cc1nn(C)c(NC(CO)CO)c1CN. The van der Waals surface area contributed by atoms with Gasteiger partial charge in [-0.1, -0.05) is 0 Å². The Morgan fingerprint density at radius 1 is 1.47 bits per heavy atom. The molecule has 0 bridgehead atoms. The van der Waals surface area contributed by atoms with Crippen LogP contribution in [0.4, 0.5) is 5.82 Å². The Labute approximate surface area is 88.7 Å². The van der Waals surface area contributed by atoms with Gasteiger partial charge in [0.2, 0.25) is 0 Å². The van der Waals surface area contributed by atoms with Gasteiger partial charge in [0.1, 0.15) is 5.82 Å². The van der Waals surface area contributed by atoms with Crippen molar-refractivity contribution in [1.29, 1.82) is 0 Å². The number of hydrogen-bond acceptors (Lipinski definition) is 5. The molecule has 0 aromatic carbocycles. The number of hydrogen-bond donors (Lipinski definition) is 4. The number of aromatic nitrogens is 2. The molecular weight excluding hydrogens is 196 g/mol. The first-order chi connectivity index (χ1) is 7.13. The maximum Gasteiger partial charge on any atom is 0.129 e. The molecule has 86 valence electrons. The van der Waals surface area contributed by atoms with E-state index >= 15 is 0 Å². The van der Waals surface area contributed by atoms with Gasteiger partial charge in [0, 0.05) is 19.2 Å². The third-order valence-electron chi connectivity index (χ3n) is 2.33. The molecule has 1 heterocycles. The van der Waals surface area contributed by atoms with Crippen molar-refractivity contribution in [3.8, 4) is 0 Å². The minimum Gasteiger partial charge on any atom is -0.394 e. The molecule has 6 nitrogen and oxygen atoms in total. The van der Waals surface area contributed by atoms with E-state index in [1.807, 2.05) is 6.92 Å². The maximum atomic E-state index is 8.97. The second kappa shape index (κ2) is 5.11. The number of nitrogens with one attached hydrogen (secondary N) is 1. The molecule has 5 N–H and O–H groups in total. The molecule has 0 radical (unpaired) electrons. The highest BCUT2D eigenvalue weighted by Gasteiger charge is 2.14. The Morgan fingerprint density at radius 3 is 2.53 bits per heavy atom. The van der Waals surface area contributed by atoms with Crippen molar-refractivity contribution in [2.24, 2.45) is 12.8 Å². The van der Waals surface area contributed by atoms with E-state index in [1.54, 1.807) is 11.7 Å². The highest BCUT2D eigenvalue weighted by molar-refractivity contribution is 5.48. The van der Waals surface area contributed by atoms with Crippen molar-refractivity contribution in [2.45, 2.75) is 19.5 Å². The van der Waals surface area contributed by atoms with E-state index in [1.165, 1.54) is 0 Å². The Kier molecular flexibility index (Phi) is 4.07. The van der Waals surface area contributed by atoms with E-state index in [4.69, 9.17) is 15.9 Å². The van der Waals surface area contributed by atoms with E-state index in [9.17, 15) is 0 Å². The summed E-state index contributed by atoms with van der Waals surface area (Å²) in [6, 6.07) is -0.384. The predicted molar refractivity (Wildman–Crippen MR) is 57.4 cm³/mol. The standard InChI is InChI=1S/C9H18N4O2/c1-6-8(3-10)9(13(2)12-6)11-7(4-14)5-15/h7,11,14-15H,3-5,10H2,1-2H3. The van der Waals surface area contributed by atoms with Gasteiger partial charge < -0.3 is 21.3 Å². The van der Waals surface area contributed by atoms with Crippen molar-refractivity contribution in [1.82, 2.24) is 9.78 Å². The molecule has 1 rings (SSSR count). The summed E-state index contributed by atoms with van der Waals surface area (Å²) in [5.74, 6) is 0.753. The Hall–Kier alpha value is -1.11. The second-order valence-corrected chi connectivity index (χ2v) is 3.45. The van der Waals surface area contributed by atoms with Crippen LogP contribution in [-0.4, -0.2) is 39.2 Å². The molecule has 0 aliphatic heterocycles. The molecule has 0 unspecified atom stereocenters. The smallest absolute Gasteiger partial charge is 0.129 e. The molecule has 1 aromatic rings. The topological polar surface area (TPSA) is 96.3 Å². The highest BCUT2D eigenvalue weighted by atomic mass is 16.3. The molecular formula is C9H18N4O2. The van der Waals surface area contributed by atoms with Crippen LogP contribution in [0.25, 0.3) is 0 Å². The van der Waals surface area contributed by atoms with Crippen molar-refractivity contribution < 1.29 is 10.2 Å². The molecule has 15 heavy (non-hydrogen) atoms. The fourth-order valence-electron chi connectivity index (χ4n) is 1.47. The first-order valence-electron chi connectivity index (χ1n) is 4.84. The van der Waals surface area contributed by atoms with Crippen molar-refractivity contribution in [3.63, 3.8) is 0 Å². The van der Waals surface area contributed by atoms with E-state index in [0.29, 0.717) is 6.54 Å². The summed E-state index contributed by atoms with van der Waals surface area (Å²) in [4.78, 5) is 0. The van der Waals surface area contributed by atoms with Gasteiger partial charge in [0.25, 0.3) is 0 Å². The predicted octanol–water partition coefficient (Wildman–Crippen LogP) is -1.05. The fourth-order valence-corrected chi connectivity index (χ4v) is 1.47. The van der Waals surface area contributed by atoms with Gasteiger partial charge in [0.15, 0.2) is 0 Å². The molecule has 0 fully saturated rings. The second-order valence-electron chi connectivity index (χ2n) is 3.45. The van der Waals surface area contributed by atoms with Crippen LogP contribution in [0.1, 0.15) is 11.3 Å². The van der Waals surface area contributed by atoms with Gasteiger partial charge in [-0.05, 0) is 6.92 Å². The van der Waals surface area contributed by atoms with Crippen LogP contribution in [0.2, 0.25) is 0 Å². The zero-order chi connectivity index (χ0) is 11.4. The lowest BCUT2D eigenvalue weighted by Gasteiger charge is -2.16. The van der Waals surface area contributed by atoms with Gasteiger partial charge in [-0.3, -0.25) is 4.68 Å². The molecule has 0 aliphatic carbocycles. The third-order valence-corrected chi connectivity index (χ3v) is 2.33. The zero-order valence-electron chi connectivity index (χ0n) is 9.06. The largest absolute Gasteiger partial charge is 0.394 e. The van der Waals surface area contributed by atoms with Crippen LogP contribution in [0.5, 0.6) is 0 Å². The minimum absolute atomic E-state index is 0.134. The summed E-state index contributed by atoms with van der Waals surface area (Å²) in [6.45, 7) is 1.99. The van der Waals surface area contributed by atoms with Crippen LogP contribution in [-0.2, 0) is 13.6 Å². The average Bonchev–Trinajstić information content (AvgIpc) is 2.49. The maximum absolute atomic E-state index is 8.97. The van der Waals surface area contributed by atoms with Crippen LogP contribution in [0.3, 0.4) is 0 Å². The number of aryl methyl sites for hydroxylation is 2. The lowest BCUT2D eigenvalue weighted by atomic mass is 10.2. The summed E-state index contributed by atoms with van der Waals surface area (Å²) in [5, 5.41) is 25.2. The van der Waals surface area contributed by atoms with Crippen molar-refractivity contribution in [2.75, 3.05) is 18.5 Å². The lowest BCUT2D eigenvalue weighted by molar-refractivity contribution is 0.203. The summed E-state index contributed by atoms with van der Waals surface area (Å²) >= 11 is 0. The first kappa shape index (κ1) is 12.0. The van der Waals surface area contributed by atoms with E-state index in [2.05, 4.69) is 10.4 Å². The number of nitrogens with zero attached hydrogens (tertiary/aromatic N) is 2. The number of anilines is 1. The van der Waals surface area contributed by atoms with Gasteiger partial charge in [-0.2, -0.15) is 5.10 Å². The molecule has 6 heteroatoms. The summed E-state index contributed by atoms with van der Waals surface area (Å²) in [6.07, 6.45) is 0. The van der Waals surface area contributed by atoms with Crippen LogP contribution >= 0.6 is 0 Å². The van der Waals surface area contributed by atoms with Gasteiger partial charge in [-0.25, -0.2) is 0 Å². The third kappa shape index (κ3) is 2.47. The van der Waals surface area contributed by atoms with Gasteiger partial charge in [-0.15, -0.1) is 0 Å². The first-order valence-corrected chi connectivity index (χ1v) is 4.84. The summed E-state index contributed by atoms with van der Waals surface area (Å²) in [5.41, 5.74) is 7.37. The van der Waals surface area contributed by atoms with E-state index in [0.717, 1.165) is 17.1 Å². The van der Waals surface area contributed by atoms with E-state index < -0.39 is 0 Å². The monoisotopic (exact) mass is 214 g/mol. The molecule has 0 aliphatic rings. The van der Waals surface area contributed by atoms with E-state index in [-0.39, 0.29) is 19.3 Å². The quantitative estimate of drug-likeness (QED) is 0.501. The number of aliphatic hydroxyl groups excluding tert-OH is 2. The molecule has 0 spiro atoms. The highest BCUT2D eigenvalue weighted by Crippen LogP contribution is 2.18. The molecule has 0 amide bonds. The normalized spacial score (nSPS) is 11.1. The Balaban J connectivity index is 2.92. The molecule has 0 atom stereocenters. The van der Waals surface area contributed by atoms with Gasteiger partial charge in [0.05, 0.1) is 24.9 Å². The van der Waals surface area contributed by atoms with Gasteiger partial charge >= 0.3 is 0 Å². The fraction of sp³-hybridized carbons (Fsp3) is 0.667. The van der Waals surface area contributed by atoms with Crippen LogP contribution in [0, 0.1) is 6.92 Å². The van der Waals surface area contributed by atoms with Crippen LogP contribution in [0.15, 0.2) is 0 Å². The Morgan fingerprint density at radius 2 is 2.07 bits per heavy atom. The average molecular weight is 214 g/mol. The molecule has 1 aromatic heterocycles. The van der Waals surface area contributed by atoms with Crippen molar-refractivity contribution >= 4 is 5.82 Å². The number of nitrogens with two attached hydrogens (primary N) is 1. The number of rotatable bonds is 5. The molecule has 0 saturated carbocycles. The summed E-state index contributed by atoms with van der Waals surface area (Å²) < 4.78 is 1.66. The zero-order valence-corrected chi connectivity index (χ0v) is 9.06. The Bertz CT molecular complexity index is 320. The summed E-state index contributed by atoms with van der Waals surface area (Å²) in [7, 11) is 1.79.